The Morgan fingerprint density at radius 2 is 0.883 bits per heavy atom. The van der Waals surface area contributed by atoms with Crippen LogP contribution >= 0.6 is 0 Å². The molecule has 0 bridgehead atoms. The zero-order chi connectivity index (χ0) is 43.4. The van der Waals surface area contributed by atoms with Crippen molar-refractivity contribution >= 4 is 57.2 Å². The minimum atomic E-state index is -1.29. The van der Waals surface area contributed by atoms with Gasteiger partial charge in [0.25, 0.3) is 11.8 Å². The topological polar surface area (TPSA) is 241 Å². The Bertz CT molecular complexity index is 2640. The highest BCUT2D eigenvalue weighted by atomic mass is 19.2. The van der Waals surface area contributed by atoms with Crippen molar-refractivity contribution in [2.24, 2.45) is 32.9 Å². The van der Waals surface area contributed by atoms with E-state index in [1.54, 1.807) is 0 Å². The molecule has 8 N–H and O–H groups in total. The Labute approximate surface area is 332 Å². The number of halogens is 6. The SMILES string of the molecule is NC(N)=NC(=O)c1ccc2c(COC(=O)/C=C/C(=O)OCc3cnc(-c4c(F)cc(F)cc4F)c4cc(C(=O)N=C(N)N)ccc34)cnc(-c3c(F)cc(F)cc3F)c2c1. The first kappa shape index (κ1) is 41.5. The molecule has 6 aromatic rings. The molecule has 2 amide bonds. The zero-order valence-electron chi connectivity index (χ0n) is 30.3. The average molecular weight is 829 g/mol. The summed E-state index contributed by atoms with van der Waals surface area (Å²) in [5.74, 6) is -12.6. The predicted octanol–water partition coefficient (Wildman–Crippen LogP) is 5.12. The van der Waals surface area contributed by atoms with Gasteiger partial charge in [0.05, 0.1) is 22.5 Å². The van der Waals surface area contributed by atoms with Crippen molar-refractivity contribution in [2.75, 3.05) is 0 Å². The van der Waals surface area contributed by atoms with Crippen LogP contribution in [0.2, 0.25) is 0 Å². The van der Waals surface area contributed by atoms with E-state index >= 15 is 0 Å². The van der Waals surface area contributed by atoms with E-state index in [0.29, 0.717) is 24.3 Å². The average Bonchev–Trinajstić information content (AvgIpc) is 3.17. The molecule has 6 rings (SSSR count). The molecule has 4 aromatic carbocycles. The van der Waals surface area contributed by atoms with E-state index in [0.717, 1.165) is 24.5 Å². The molecule has 2 heterocycles. The monoisotopic (exact) mass is 828 g/mol. The van der Waals surface area contributed by atoms with Crippen molar-refractivity contribution < 1.29 is 55.0 Å². The lowest BCUT2D eigenvalue weighted by atomic mass is 9.98. The smallest absolute Gasteiger partial charge is 0.331 e. The largest absolute Gasteiger partial charge is 0.458 e. The lowest BCUT2D eigenvalue weighted by molar-refractivity contribution is -0.141. The summed E-state index contributed by atoms with van der Waals surface area (Å²) in [7, 11) is 0. The molecule has 0 unspecified atom stereocenters. The summed E-state index contributed by atoms with van der Waals surface area (Å²) in [4.78, 5) is 65.5. The van der Waals surface area contributed by atoms with E-state index in [2.05, 4.69) is 20.0 Å². The van der Waals surface area contributed by atoms with Crippen LogP contribution < -0.4 is 22.9 Å². The van der Waals surface area contributed by atoms with E-state index in [4.69, 9.17) is 32.4 Å². The number of esters is 2. The number of aromatic nitrogens is 2. The van der Waals surface area contributed by atoms with Crippen LogP contribution in [0.5, 0.6) is 0 Å². The van der Waals surface area contributed by atoms with Gasteiger partial charge in [-0.15, -0.1) is 0 Å². The van der Waals surface area contributed by atoms with Gasteiger partial charge in [-0.3, -0.25) is 19.6 Å². The number of fused-ring (bicyclic) bond motifs is 2. The molecule has 2 aromatic heterocycles. The first-order valence-electron chi connectivity index (χ1n) is 16.9. The van der Waals surface area contributed by atoms with E-state index in [9.17, 15) is 45.5 Å². The van der Waals surface area contributed by atoms with Gasteiger partial charge in [0.2, 0.25) is 0 Å². The number of nitrogens with zero attached hydrogens (tertiary/aromatic N) is 4. The van der Waals surface area contributed by atoms with Crippen molar-refractivity contribution in [1.82, 2.24) is 9.97 Å². The van der Waals surface area contributed by atoms with Gasteiger partial charge >= 0.3 is 11.9 Å². The highest BCUT2D eigenvalue weighted by Crippen LogP contribution is 2.35. The maximum absolute atomic E-state index is 14.9. The number of ether oxygens (including phenoxy) is 2. The minimum absolute atomic E-state index is 0.0247. The minimum Gasteiger partial charge on any atom is -0.458 e. The van der Waals surface area contributed by atoms with Crippen LogP contribution in [0.3, 0.4) is 0 Å². The second-order valence-electron chi connectivity index (χ2n) is 12.5. The molecular weight excluding hydrogens is 802 g/mol. The molecule has 0 fully saturated rings. The number of hydrogen-bond acceptors (Lipinski definition) is 8. The Hall–Kier alpha value is -8.16. The van der Waals surface area contributed by atoms with Gasteiger partial charge in [-0.05, 0) is 35.0 Å². The summed E-state index contributed by atoms with van der Waals surface area (Å²) in [6.07, 6.45) is 3.71. The number of rotatable bonds is 10. The van der Waals surface area contributed by atoms with Crippen LogP contribution in [0.25, 0.3) is 44.1 Å². The highest BCUT2D eigenvalue weighted by Gasteiger charge is 2.22. The summed E-state index contributed by atoms with van der Waals surface area (Å²) in [5, 5.41) is 0.349. The Balaban J connectivity index is 1.21. The number of amides is 2. The first-order chi connectivity index (χ1) is 28.5. The molecule has 0 spiro atoms. The van der Waals surface area contributed by atoms with Crippen LogP contribution in [-0.4, -0.2) is 45.6 Å². The number of aliphatic imine (C=N–C) groups is 2. The van der Waals surface area contributed by atoms with Gasteiger partial charge < -0.3 is 32.4 Å². The highest BCUT2D eigenvalue weighted by molar-refractivity contribution is 6.08. The van der Waals surface area contributed by atoms with E-state index in [1.807, 2.05) is 0 Å². The second-order valence-corrected chi connectivity index (χ2v) is 12.5. The lowest BCUT2D eigenvalue weighted by Gasteiger charge is -2.13. The van der Waals surface area contributed by atoms with Gasteiger partial charge in [0, 0.05) is 81.8 Å². The summed E-state index contributed by atoms with van der Waals surface area (Å²) in [6.45, 7) is -1.02. The fourth-order valence-corrected chi connectivity index (χ4v) is 5.93. The number of guanidine groups is 2. The number of nitrogens with two attached hydrogens (primary N) is 4. The predicted molar refractivity (Wildman–Crippen MR) is 203 cm³/mol. The van der Waals surface area contributed by atoms with Gasteiger partial charge in [-0.25, -0.2) is 35.9 Å². The summed E-state index contributed by atoms with van der Waals surface area (Å²) >= 11 is 0. The standard InChI is InChI=1S/C40H26F6N8O6/c41-21-9-27(43)33(28(44)10-21)35-25-7-17(37(57)53-39(47)48)1-3-23(25)19(13-51-35)15-59-31(55)5-6-32(56)60-16-20-14-52-36(34-29(45)11-22(42)12-30(34)46)26-8-18(2-4-24(20)26)38(58)54-40(49)50/h1-14H,15-16H2,(H4,47,48,53,57)(H4,49,50,54,58)/b6-5+. The van der Waals surface area contributed by atoms with E-state index < -0.39 is 94.9 Å². The van der Waals surface area contributed by atoms with E-state index in [-0.39, 0.29) is 55.2 Å². The van der Waals surface area contributed by atoms with Gasteiger partial charge in [-0.1, -0.05) is 12.1 Å². The molecule has 0 saturated heterocycles. The Kier molecular flexibility index (Phi) is 11.8. The summed E-state index contributed by atoms with van der Waals surface area (Å²) in [6, 6.07) is 9.43. The Morgan fingerprint density at radius 3 is 1.22 bits per heavy atom. The van der Waals surface area contributed by atoms with Crippen molar-refractivity contribution in [1.29, 1.82) is 0 Å². The van der Waals surface area contributed by atoms with E-state index in [1.165, 1.54) is 36.4 Å². The molecule has 0 radical (unpaired) electrons. The molecule has 20 heteroatoms. The quantitative estimate of drug-likeness (QED) is 0.0463. The molecule has 0 aliphatic rings. The van der Waals surface area contributed by atoms with Crippen molar-refractivity contribution in [2.45, 2.75) is 13.2 Å². The number of carbonyl (C=O) groups excluding carboxylic acids is 4. The number of benzene rings is 4. The van der Waals surface area contributed by atoms with Gasteiger partial charge in [0.1, 0.15) is 48.1 Å². The van der Waals surface area contributed by atoms with Crippen LogP contribution in [0.1, 0.15) is 31.8 Å². The maximum atomic E-state index is 14.9. The number of pyridine rings is 2. The fraction of sp³-hybridized carbons (Fsp3) is 0.0500. The molecule has 0 aliphatic heterocycles. The number of carbonyl (C=O) groups is 4. The van der Waals surface area contributed by atoms with Crippen molar-refractivity contribution in [3.05, 3.63) is 142 Å². The van der Waals surface area contributed by atoms with Crippen LogP contribution in [-0.2, 0) is 32.3 Å². The first-order valence-corrected chi connectivity index (χ1v) is 16.9. The third kappa shape index (κ3) is 9.01. The zero-order valence-corrected chi connectivity index (χ0v) is 30.3. The normalized spacial score (nSPS) is 11.1. The lowest BCUT2D eigenvalue weighted by Crippen LogP contribution is -2.24. The fourth-order valence-electron chi connectivity index (χ4n) is 5.93. The molecule has 304 valence electrons. The van der Waals surface area contributed by atoms with Crippen LogP contribution in [0, 0.1) is 34.9 Å². The van der Waals surface area contributed by atoms with Crippen molar-refractivity contribution in [3.63, 3.8) is 0 Å². The molecule has 14 nitrogen and oxygen atoms in total. The van der Waals surface area contributed by atoms with Crippen LogP contribution in [0.15, 0.2) is 95.2 Å². The second kappa shape index (κ2) is 17.1. The molecular formula is C40H26F6N8O6. The summed E-state index contributed by atoms with van der Waals surface area (Å²) < 4.78 is 97.3. The maximum Gasteiger partial charge on any atom is 0.331 e. The molecule has 0 aliphatic carbocycles. The third-order valence-corrected chi connectivity index (χ3v) is 8.48. The Morgan fingerprint density at radius 1 is 0.533 bits per heavy atom. The van der Waals surface area contributed by atoms with Crippen molar-refractivity contribution in [3.8, 4) is 22.5 Å². The van der Waals surface area contributed by atoms with Gasteiger partial charge in [-0.2, -0.15) is 9.98 Å². The van der Waals surface area contributed by atoms with Gasteiger partial charge in [0.15, 0.2) is 11.9 Å². The third-order valence-electron chi connectivity index (χ3n) is 8.48. The molecule has 60 heavy (non-hydrogen) atoms. The molecule has 0 atom stereocenters. The van der Waals surface area contributed by atoms with Crippen LogP contribution in [0.4, 0.5) is 26.3 Å². The number of hydrogen-bond donors (Lipinski definition) is 4. The summed E-state index contributed by atoms with van der Waals surface area (Å²) in [5.41, 5.74) is 19.2. The molecule has 0 saturated carbocycles.